The van der Waals surface area contributed by atoms with E-state index in [9.17, 15) is 4.79 Å². The Morgan fingerprint density at radius 2 is 2.04 bits per heavy atom. The maximum atomic E-state index is 13.1. The largest absolute Gasteiger partial charge is 0.467 e. The molecule has 28 heavy (non-hydrogen) atoms. The smallest absolute Gasteiger partial charge is 0.320 e. The van der Waals surface area contributed by atoms with E-state index in [4.69, 9.17) is 20.8 Å². The predicted molar refractivity (Wildman–Crippen MR) is 107 cm³/mol. The van der Waals surface area contributed by atoms with E-state index in [0.29, 0.717) is 44.5 Å². The summed E-state index contributed by atoms with van der Waals surface area (Å²) in [6.45, 7) is 5.00. The summed E-state index contributed by atoms with van der Waals surface area (Å²) in [7, 11) is 0. The van der Waals surface area contributed by atoms with Crippen LogP contribution in [0.25, 0.3) is 10.9 Å². The number of amides is 2. The van der Waals surface area contributed by atoms with E-state index >= 15 is 0 Å². The third-order valence-corrected chi connectivity index (χ3v) is 5.24. The van der Waals surface area contributed by atoms with Crippen molar-refractivity contribution in [3.63, 3.8) is 0 Å². The van der Waals surface area contributed by atoms with Crippen molar-refractivity contribution < 1.29 is 13.9 Å². The summed E-state index contributed by atoms with van der Waals surface area (Å²) >= 11 is 6.49. The first-order valence-corrected chi connectivity index (χ1v) is 9.68. The molecular weight excluding hydrogens is 378 g/mol. The number of carbonyl (C=O) groups is 1. The molecule has 0 atom stereocenters. The summed E-state index contributed by atoms with van der Waals surface area (Å²) in [5.41, 5.74) is 2.77. The Kier molecular flexibility index (Phi) is 5.50. The zero-order chi connectivity index (χ0) is 19.5. The van der Waals surface area contributed by atoms with Gasteiger partial charge in [-0.3, -0.25) is 0 Å². The number of hydrogen-bond acceptors (Lipinski definition) is 4. The van der Waals surface area contributed by atoms with Gasteiger partial charge in [0, 0.05) is 24.0 Å². The quantitative estimate of drug-likeness (QED) is 0.615. The molecule has 1 aromatic carbocycles. The summed E-state index contributed by atoms with van der Waals surface area (Å²) in [5.74, 6) is 0.724. The number of aromatic nitrogens is 1. The number of nitrogens with zero attached hydrogens (tertiary/aromatic N) is 3. The lowest BCUT2D eigenvalue weighted by Gasteiger charge is -2.32. The summed E-state index contributed by atoms with van der Waals surface area (Å²) in [4.78, 5) is 21.3. The van der Waals surface area contributed by atoms with Gasteiger partial charge in [0.05, 0.1) is 38.1 Å². The SMILES string of the molecule is Cc1cccc2cc(CN(Cc3ccco3)C(=O)N3CCOCC3)c(Cl)nc12. The van der Waals surface area contributed by atoms with Crippen LogP contribution in [0.3, 0.4) is 0 Å². The van der Waals surface area contributed by atoms with E-state index in [1.54, 1.807) is 16.1 Å². The number of benzene rings is 1. The molecule has 0 unspecified atom stereocenters. The molecule has 4 rings (SSSR count). The average Bonchev–Trinajstić information content (AvgIpc) is 3.22. The van der Waals surface area contributed by atoms with Gasteiger partial charge in [-0.05, 0) is 30.7 Å². The van der Waals surface area contributed by atoms with Crippen molar-refractivity contribution in [2.24, 2.45) is 0 Å². The molecule has 1 aliphatic heterocycles. The molecule has 0 spiro atoms. The number of halogens is 1. The summed E-state index contributed by atoms with van der Waals surface area (Å²) in [5, 5.41) is 1.43. The average molecular weight is 400 g/mol. The highest BCUT2D eigenvalue weighted by Crippen LogP contribution is 2.25. The van der Waals surface area contributed by atoms with E-state index in [1.165, 1.54) is 0 Å². The number of urea groups is 1. The Bertz CT molecular complexity index is 968. The highest BCUT2D eigenvalue weighted by molar-refractivity contribution is 6.30. The van der Waals surface area contributed by atoms with Crippen molar-refractivity contribution in [1.82, 2.24) is 14.8 Å². The second kappa shape index (κ2) is 8.20. The first-order chi connectivity index (χ1) is 13.6. The Hall–Kier alpha value is -2.57. The van der Waals surface area contributed by atoms with Gasteiger partial charge in [-0.15, -0.1) is 0 Å². The predicted octanol–water partition coefficient (Wildman–Crippen LogP) is 4.24. The molecule has 2 aromatic heterocycles. The maximum Gasteiger partial charge on any atom is 0.320 e. The third kappa shape index (κ3) is 3.98. The van der Waals surface area contributed by atoms with Crippen LogP contribution in [-0.2, 0) is 17.8 Å². The van der Waals surface area contributed by atoms with E-state index in [2.05, 4.69) is 4.98 Å². The topological polar surface area (TPSA) is 58.8 Å². The Morgan fingerprint density at radius 3 is 2.79 bits per heavy atom. The normalized spacial score (nSPS) is 14.4. The molecule has 6 nitrogen and oxygen atoms in total. The zero-order valence-electron chi connectivity index (χ0n) is 15.7. The molecule has 1 saturated heterocycles. The van der Waals surface area contributed by atoms with Crippen LogP contribution >= 0.6 is 11.6 Å². The van der Waals surface area contributed by atoms with Crippen LogP contribution in [-0.4, -0.2) is 47.1 Å². The molecule has 0 bridgehead atoms. The second-order valence-corrected chi connectivity index (χ2v) is 7.26. The van der Waals surface area contributed by atoms with E-state index in [0.717, 1.165) is 27.8 Å². The number of pyridine rings is 1. The van der Waals surface area contributed by atoms with Crippen molar-refractivity contribution in [2.75, 3.05) is 26.3 Å². The van der Waals surface area contributed by atoms with Gasteiger partial charge in [-0.2, -0.15) is 0 Å². The fourth-order valence-electron chi connectivity index (χ4n) is 3.42. The van der Waals surface area contributed by atoms with Crippen molar-refractivity contribution in [2.45, 2.75) is 20.0 Å². The standard InChI is InChI=1S/C21H22ClN3O3/c1-15-4-2-5-16-12-17(20(22)23-19(15)16)13-25(14-18-6-3-9-28-18)21(26)24-7-10-27-11-8-24/h2-6,9,12H,7-8,10-11,13-14H2,1H3. The molecule has 0 saturated carbocycles. The van der Waals surface area contributed by atoms with Crippen LogP contribution in [0.15, 0.2) is 47.1 Å². The van der Waals surface area contributed by atoms with Crippen molar-refractivity contribution in [1.29, 1.82) is 0 Å². The van der Waals surface area contributed by atoms with E-state index < -0.39 is 0 Å². The number of carbonyl (C=O) groups excluding carboxylic acids is 1. The summed E-state index contributed by atoms with van der Waals surface area (Å²) < 4.78 is 10.8. The molecular formula is C21H22ClN3O3. The molecule has 0 aliphatic carbocycles. The van der Waals surface area contributed by atoms with Gasteiger partial charge in [-0.25, -0.2) is 9.78 Å². The van der Waals surface area contributed by atoms with Crippen LogP contribution in [0.1, 0.15) is 16.9 Å². The van der Waals surface area contributed by atoms with Crippen molar-refractivity contribution in [3.05, 3.63) is 64.7 Å². The van der Waals surface area contributed by atoms with Crippen LogP contribution in [0.2, 0.25) is 5.15 Å². The monoisotopic (exact) mass is 399 g/mol. The number of aryl methyl sites for hydroxylation is 1. The molecule has 3 heterocycles. The van der Waals surface area contributed by atoms with Crippen molar-refractivity contribution >= 4 is 28.5 Å². The van der Waals surface area contributed by atoms with Gasteiger partial charge in [-0.1, -0.05) is 29.8 Å². The maximum absolute atomic E-state index is 13.1. The Balaban J connectivity index is 1.63. The zero-order valence-corrected chi connectivity index (χ0v) is 16.5. The molecule has 7 heteroatoms. The van der Waals surface area contributed by atoms with Gasteiger partial charge < -0.3 is 19.0 Å². The highest BCUT2D eigenvalue weighted by Gasteiger charge is 2.25. The van der Waals surface area contributed by atoms with E-state index in [-0.39, 0.29) is 6.03 Å². The van der Waals surface area contributed by atoms with E-state index in [1.807, 2.05) is 43.3 Å². The number of furan rings is 1. The lowest BCUT2D eigenvalue weighted by atomic mass is 10.1. The van der Waals surface area contributed by atoms with Gasteiger partial charge in [0.2, 0.25) is 0 Å². The minimum atomic E-state index is -0.0555. The van der Waals surface area contributed by atoms with Gasteiger partial charge in [0.1, 0.15) is 10.9 Å². The van der Waals surface area contributed by atoms with Crippen LogP contribution < -0.4 is 0 Å². The third-order valence-electron chi connectivity index (χ3n) is 4.91. The first-order valence-electron chi connectivity index (χ1n) is 9.30. The lowest BCUT2D eigenvalue weighted by molar-refractivity contribution is 0.0413. The number of rotatable bonds is 4. The van der Waals surface area contributed by atoms with Gasteiger partial charge in [0.25, 0.3) is 0 Å². The fourth-order valence-corrected chi connectivity index (χ4v) is 3.62. The minimum absolute atomic E-state index is 0.0555. The van der Waals surface area contributed by atoms with Crippen molar-refractivity contribution in [3.8, 4) is 0 Å². The van der Waals surface area contributed by atoms with Crippen LogP contribution in [0, 0.1) is 6.92 Å². The molecule has 2 amide bonds. The van der Waals surface area contributed by atoms with Crippen LogP contribution in [0.5, 0.6) is 0 Å². The molecule has 0 N–H and O–H groups in total. The number of fused-ring (bicyclic) bond motifs is 1. The Labute approximate surface area is 168 Å². The first kappa shape index (κ1) is 18.8. The number of para-hydroxylation sites is 1. The van der Waals surface area contributed by atoms with Crippen LogP contribution in [0.4, 0.5) is 4.79 Å². The van der Waals surface area contributed by atoms with Gasteiger partial charge >= 0.3 is 6.03 Å². The number of morpholine rings is 1. The minimum Gasteiger partial charge on any atom is -0.467 e. The molecule has 146 valence electrons. The molecule has 3 aromatic rings. The molecule has 1 fully saturated rings. The number of hydrogen-bond donors (Lipinski definition) is 0. The van der Waals surface area contributed by atoms with Gasteiger partial charge in [0.15, 0.2) is 0 Å². The highest BCUT2D eigenvalue weighted by atomic mass is 35.5. The second-order valence-electron chi connectivity index (χ2n) is 6.90. The number of ether oxygens (including phenoxy) is 1. The fraction of sp³-hybridized carbons (Fsp3) is 0.333. The summed E-state index contributed by atoms with van der Waals surface area (Å²) in [6.07, 6.45) is 1.61. The molecule has 1 aliphatic rings. The molecule has 0 radical (unpaired) electrons. The lowest BCUT2D eigenvalue weighted by Crippen LogP contribution is -2.47. The Morgan fingerprint density at radius 1 is 1.21 bits per heavy atom. The summed E-state index contributed by atoms with van der Waals surface area (Å²) in [6, 6.07) is 11.7.